The van der Waals surface area contributed by atoms with Crippen molar-refractivity contribution in [3.05, 3.63) is 53.6 Å². The van der Waals surface area contributed by atoms with Crippen molar-refractivity contribution in [2.24, 2.45) is 0 Å². The van der Waals surface area contributed by atoms with E-state index in [0.29, 0.717) is 32.4 Å². The second-order valence-corrected chi connectivity index (χ2v) is 6.96. The molecule has 0 saturated carbocycles. The molecule has 2 aromatic heterocycles. The Hall–Kier alpha value is -3.17. The number of ether oxygens (including phenoxy) is 2. The lowest BCUT2D eigenvalue weighted by Crippen LogP contribution is -2.20. The van der Waals surface area contributed by atoms with E-state index in [4.69, 9.17) is 21.1 Å². The molecule has 4 aromatic rings. The minimum atomic E-state index is -0.358. The van der Waals surface area contributed by atoms with Gasteiger partial charge in [-0.15, -0.1) is 15.3 Å². The van der Waals surface area contributed by atoms with Gasteiger partial charge in [0, 0.05) is 0 Å². The Bertz CT molecular complexity index is 1140. The van der Waals surface area contributed by atoms with Gasteiger partial charge in [-0.3, -0.25) is 10.1 Å². The Kier molecular flexibility index (Phi) is 5.09. The van der Waals surface area contributed by atoms with Crippen LogP contribution in [-0.2, 0) is 4.79 Å². The highest BCUT2D eigenvalue weighted by atomic mass is 35.5. The lowest BCUT2D eigenvalue weighted by Gasteiger charge is -2.07. The molecule has 4 rings (SSSR count). The number of hydrogen-bond acceptors (Lipinski definition) is 7. The first-order valence-electron chi connectivity index (χ1n) is 8.18. The number of fused-ring (bicyclic) bond motifs is 1. The van der Waals surface area contributed by atoms with Crippen molar-refractivity contribution in [1.29, 1.82) is 0 Å². The predicted molar refractivity (Wildman–Crippen MR) is 106 cm³/mol. The number of methoxy groups -OCH3 is 1. The SMILES string of the molecule is COc1ccccc1-c1nnc2sc(NC(=O)COc3ccccc3Cl)nn12. The first kappa shape index (κ1) is 18.2. The van der Waals surface area contributed by atoms with E-state index in [-0.39, 0.29) is 12.5 Å². The fourth-order valence-electron chi connectivity index (χ4n) is 2.53. The Morgan fingerprint density at radius 3 is 2.68 bits per heavy atom. The molecule has 0 spiro atoms. The van der Waals surface area contributed by atoms with E-state index in [0.717, 1.165) is 5.56 Å². The van der Waals surface area contributed by atoms with Gasteiger partial charge in [-0.05, 0) is 24.3 Å². The van der Waals surface area contributed by atoms with Gasteiger partial charge >= 0.3 is 0 Å². The van der Waals surface area contributed by atoms with Crippen LogP contribution < -0.4 is 14.8 Å². The largest absolute Gasteiger partial charge is 0.496 e. The Morgan fingerprint density at radius 1 is 1.14 bits per heavy atom. The minimum Gasteiger partial charge on any atom is -0.496 e. The van der Waals surface area contributed by atoms with Crippen LogP contribution in [0.3, 0.4) is 0 Å². The van der Waals surface area contributed by atoms with Crippen LogP contribution in [0.2, 0.25) is 5.02 Å². The molecule has 142 valence electrons. The van der Waals surface area contributed by atoms with Crippen LogP contribution in [0, 0.1) is 0 Å². The average molecular weight is 416 g/mol. The Balaban J connectivity index is 1.50. The van der Waals surface area contributed by atoms with Crippen molar-refractivity contribution in [2.45, 2.75) is 0 Å². The van der Waals surface area contributed by atoms with Crippen molar-refractivity contribution >= 4 is 38.9 Å². The monoisotopic (exact) mass is 415 g/mol. The zero-order valence-corrected chi connectivity index (χ0v) is 16.2. The molecule has 0 bridgehead atoms. The second kappa shape index (κ2) is 7.83. The zero-order valence-electron chi connectivity index (χ0n) is 14.6. The maximum Gasteiger partial charge on any atom is 0.264 e. The summed E-state index contributed by atoms with van der Waals surface area (Å²) in [5.41, 5.74) is 0.753. The predicted octanol–water partition coefficient (Wildman–Crippen LogP) is 3.53. The number of aromatic nitrogens is 4. The molecule has 2 aromatic carbocycles. The number of benzene rings is 2. The van der Waals surface area contributed by atoms with Crippen molar-refractivity contribution in [3.8, 4) is 22.9 Å². The molecule has 0 aliphatic rings. The molecule has 0 radical (unpaired) electrons. The standard InChI is InChI=1S/C18H14ClN5O3S/c1-26-13-8-4-2-6-11(13)16-21-22-18-24(16)23-17(28-18)20-15(25)10-27-14-9-5-3-7-12(14)19/h2-9H,10H2,1H3,(H,20,23,25). The molecule has 0 unspecified atom stereocenters. The van der Waals surface area contributed by atoms with Crippen LogP contribution in [0.25, 0.3) is 16.3 Å². The molecule has 0 saturated heterocycles. The van der Waals surface area contributed by atoms with Crippen LogP contribution in [0.15, 0.2) is 48.5 Å². The van der Waals surface area contributed by atoms with Crippen LogP contribution >= 0.6 is 22.9 Å². The summed E-state index contributed by atoms with van der Waals surface area (Å²) in [6, 6.07) is 14.4. The Morgan fingerprint density at radius 2 is 1.89 bits per heavy atom. The maximum atomic E-state index is 12.2. The summed E-state index contributed by atoms with van der Waals surface area (Å²) in [7, 11) is 1.59. The van der Waals surface area contributed by atoms with Crippen LogP contribution in [0.4, 0.5) is 5.13 Å². The second-order valence-electron chi connectivity index (χ2n) is 5.59. The van der Waals surface area contributed by atoms with E-state index in [1.165, 1.54) is 11.3 Å². The van der Waals surface area contributed by atoms with Crippen LogP contribution in [0.5, 0.6) is 11.5 Å². The van der Waals surface area contributed by atoms with E-state index < -0.39 is 0 Å². The molecule has 8 nitrogen and oxygen atoms in total. The van der Waals surface area contributed by atoms with Gasteiger partial charge in [-0.1, -0.05) is 47.2 Å². The summed E-state index contributed by atoms with van der Waals surface area (Å²) in [5, 5.41) is 16.2. The highest BCUT2D eigenvalue weighted by Crippen LogP contribution is 2.30. The van der Waals surface area contributed by atoms with Gasteiger partial charge in [0.25, 0.3) is 5.91 Å². The van der Waals surface area contributed by atoms with E-state index in [1.807, 2.05) is 24.3 Å². The summed E-state index contributed by atoms with van der Waals surface area (Å²) >= 11 is 7.21. The van der Waals surface area contributed by atoms with Gasteiger partial charge in [0.2, 0.25) is 10.1 Å². The first-order chi connectivity index (χ1) is 13.7. The Labute approximate surface area is 168 Å². The average Bonchev–Trinajstić information content (AvgIpc) is 3.27. The number of carbonyl (C=O) groups is 1. The maximum absolute atomic E-state index is 12.2. The van der Waals surface area contributed by atoms with Crippen LogP contribution in [-0.4, -0.2) is 39.4 Å². The number of hydrogen-bond donors (Lipinski definition) is 1. The van der Waals surface area contributed by atoms with Gasteiger partial charge in [0.05, 0.1) is 17.7 Å². The van der Waals surface area contributed by atoms with Crippen molar-refractivity contribution in [2.75, 3.05) is 19.0 Å². The van der Waals surface area contributed by atoms with E-state index in [1.54, 1.807) is 35.9 Å². The van der Waals surface area contributed by atoms with E-state index >= 15 is 0 Å². The molecule has 0 aliphatic heterocycles. The van der Waals surface area contributed by atoms with Gasteiger partial charge in [0.1, 0.15) is 11.5 Å². The van der Waals surface area contributed by atoms with Gasteiger partial charge in [0.15, 0.2) is 12.4 Å². The summed E-state index contributed by atoms with van der Waals surface area (Å²) in [5.74, 6) is 1.26. The normalized spacial score (nSPS) is 10.8. The fraction of sp³-hybridized carbons (Fsp3) is 0.111. The number of anilines is 1. The van der Waals surface area contributed by atoms with Gasteiger partial charge in [-0.25, -0.2) is 0 Å². The summed E-state index contributed by atoms with van der Waals surface area (Å²) in [6.45, 7) is -0.191. The zero-order chi connectivity index (χ0) is 19.5. The topological polar surface area (TPSA) is 90.6 Å². The highest BCUT2D eigenvalue weighted by Gasteiger charge is 2.17. The number of nitrogens with one attached hydrogen (secondary N) is 1. The van der Waals surface area contributed by atoms with Gasteiger partial charge < -0.3 is 9.47 Å². The molecule has 10 heteroatoms. The molecule has 1 N–H and O–H groups in total. The third kappa shape index (κ3) is 3.62. The van der Waals surface area contributed by atoms with Crippen LogP contribution in [0.1, 0.15) is 0 Å². The summed E-state index contributed by atoms with van der Waals surface area (Å²) in [4.78, 5) is 12.7. The number of nitrogens with zero attached hydrogens (tertiary/aromatic N) is 4. The number of halogens is 1. The third-order valence-electron chi connectivity index (χ3n) is 3.78. The molecule has 0 fully saturated rings. The first-order valence-corrected chi connectivity index (χ1v) is 9.38. The molecule has 0 atom stereocenters. The van der Waals surface area contributed by atoms with Gasteiger partial charge in [-0.2, -0.15) is 4.52 Å². The number of carbonyl (C=O) groups excluding carboxylic acids is 1. The minimum absolute atomic E-state index is 0.191. The smallest absolute Gasteiger partial charge is 0.264 e. The number of rotatable bonds is 6. The molecule has 2 heterocycles. The third-order valence-corrected chi connectivity index (χ3v) is 4.91. The molecular weight excluding hydrogens is 402 g/mol. The summed E-state index contributed by atoms with van der Waals surface area (Å²) < 4.78 is 12.4. The van der Waals surface area contributed by atoms with Crippen molar-refractivity contribution < 1.29 is 14.3 Å². The molecular formula is C18H14ClN5O3S. The summed E-state index contributed by atoms with van der Waals surface area (Å²) in [6.07, 6.45) is 0. The lowest BCUT2D eigenvalue weighted by molar-refractivity contribution is -0.118. The molecule has 1 amide bonds. The number of para-hydroxylation sites is 2. The highest BCUT2D eigenvalue weighted by molar-refractivity contribution is 7.20. The number of amides is 1. The lowest BCUT2D eigenvalue weighted by atomic mass is 10.2. The fourth-order valence-corrected chi connectivity index (χ4v) is 3.47. The van der Waals surface area contributed by atoms with E-state index in [2.05, 4.69) is 20.6 Å². The van der Waals surface area contributed by atoms with Crippen molar-refractivity contribution in [3.63, 3.8) is 0 Å². The molecule has 0 aliphatic carbocycles. The van der Waals surface area contributed by atoms with E-state index in [9.17, 15) is 4.79 Å². The van der Waals surface area contributed by atoms with Crippen molar-refractivity contribution in [1.82, 2.24) is 19.8 Å². The molecule has 28 heavy (non-hydrogen) atoms. The quantitative estimate of drug-likeness (QED) is 0.518.